The van der Waals surface area contributed by atoms with E-state index in [2.05, 4.69) is 4.98 Å². The predicted molar refractivity (Wildman–Crippen MR) is 82.3 cm³/mol. The van der Waals surface area contributed by atoms with Gasteiger partial charge in [-0.1, -0.05) is 29.8 Å². The van der Waals surface area contributed by atoms with Crippen LogP contribution in [-0.4, -0.2) is 9.55 Å². The second-order valence-electron chi connectivity index (χ2n) is 4.78. The van der Waals surface area contributed by atoms with Crippen molar-refractivity contribution in [1.82, 2.24) is 9.55 Å². The molecule has 1 aromatic heterocycles. The summed E-state index contributed by atoms with van der Waals surface area (Å²) < 4.78 is 29.7. The maximum atomic E-state index is 14.0. The molecule has 1 N–H and O–H groups in total. The van der Waals surface area contributed by atoms with Crippen LogP contribution in [0.2, 0.25) is 5.02 Å². The van der Waals surface area contributed by atoms with Crippen LogP contribution in [0.5, 0.6) is 0 Å². The summed E-state index contributed by atoms with van der Waals surface area (Å²) >= 11 is 11.1. The minimum Gasteiger partial charge on any atom is -0.331 e. The Hall–Kier alpha value is -1.72. The Kier molecular flexibility index (Phi) is 3.55. The van der Waals surface area contributed by atoms with Gasteiger partial charge >= 0.3 is 0 Å². The topological polar surface area (TPSA) is 20.7 Å². The maximum absolute atomic E-state index is 14.0. The van der Waals surface area contributed by atoms with Gasteiger partial charge in [0.25, 0.3) is 0 Å². The molecule has 0 aliphatic carbocycles. The van der Waals surface area contributed by atoms with E-state index >= 15 is 0 Å². The second-order valence-corrected chi connectivity index (χ2v) is 5.58. The molecule has 6 heteroatoms. The van der Waals surface area contributed by atoms with Crippen LogP contribution in [0.1, 0.15) is 18.5 Å². The van der Waals surface area contributed by atoms with Crippen molar-refractivity contribution in [1.29, 1.82) is 0 Å². The van der Waals surface area contributed by atoms with E-state index in [1.165, 1.54) is 18.2 Å². The molecule has 1 atom stereocenters. The van der Waals surface area contributed by atoms with Gasteiger partial charge in [-0.2, -0.15) is 0 Å². The van der Waals surface area contributed by atoms with E-state index in [9.17, 15) is 8.78 Å². The van der Waals surface area contributed by atoms with Crippen LogP contribution in [0.25, 0.3) is 11.0 Å². The fraction of sp³-hybridized carbons (Fsp3) is 0.133. The number of fused-ring (bicyclic) bond motifs is 1. The van der Waals surface area contributed by atoms with Crippen molar-refractivity contribution in [2.75, 3.05) is 0 Å². The number of rotatable bonds is 2. The minimum atomic E-state index is -0.535. The third-order valence-electron chi connectivity index (χ3n) is 3.50. The quantitative estimate of drug-likeness (QED) is 0.639. The molecule has 1 unspecified atom stereocenters. The van der Waals surface area contributed by atoms with Crippen molar-refractivity contribution in [2.24, 2.45) is 0 Å². The number of nitrogens with one attached hydrogen (secondary N) is 1. The smallest absolute Gasteiger partial charge is 0.178 e. The van der Waals surface area contributed by atoms with Crippen molar-refractivity contribution in [3.05, 3.63) is 63.4 Å². The molecule has 0 radical (unpaired) electrons. The molecule has 0 saturated heterocycles. The fourth-order valence-electron chi connectivity index (χ4n) is 2.46. The van der Waals surface area contributed by atoms with Crippen LogP contribution in [0.15, 0.2) is 36.4 Å². The van der Waals surface area contributed by atoms with E-state index in [1.54, 1.807) is 22.8 Å². The van der Waals surface area contributed by atoms with Crippen LogP contribution >= 0.6 is 23.8 Å². The van der Waals surface area contributed by atoms with Crippen molar-refractivity contribution >= 4 is 34.9 Å². The summed E-state index contributed by atoms with van der Waals surface area (Å²) in [6.07, 6.45) is 0. The summed E-state index contributed by atoms with van der Waals surface area (Å²) in [4.78, 5) is 2.97. The zero-order chi connectivity index (χ0) is 15.1. The van der Waals surface area contributed by atoms with Gasteiger partial charge in [0.15, 0.2) is 4.77 Å². The average molecular weight is 325 g/mol. The molecule has 0 aliphatic rings. The van der Waals surface area contributed by atoms with Crippen molar-refractivity contribution < 1.29 is 8.78 Å². The highest BCUT2D eigenvalue weighted by Crippen LogP contribution is 2.28. The van der Waals surface area contributed by atoms with Gasteiger partial charge in [-0.25, -0.2) is 8.78 Å². The normalized spacial score (nSPS) is 12.8. The summed E-state index contributed by atoms with van der Waals surface area (Å²) in [7, 11) is 0. The molecule has 3 rings (SSSR count). The van der Waals surface area contributed by atoms with Gasteiger partial charge in [0.1, 0.15) is 11.6 Å². The molecule has 21 heavy (non-hydrogen) atoms. The molecular formula is C15H11ClF2N2S. The number of nitrogens with zero attached hydrogens (tertiary/aromatic N) is 1. The second kappa shape index (κ2) is 5.24. The van der Waals surface area contributed by atoms with Gasteiger partial charge < -0.3 is 9.55 Å². The van der Waals surface area contributed by atoms with Gasteiger partial charge in [-0.15, -0.1) is 0 Å². The first-order chi connectivity index (χ1) is 9.99. The third kappa shape index (κ3) is 2.36. The predicted octanol–water partition coefficient (Wildman–Crippen LogP) is 5.24. The van der Waals surface area contributed by atoms with E-state index in [-0.39, 0.29) is 16.9 Å². The van der Waals surface area contributed by atoms with E-state index in [0.717, 1.165) is 0 Å². The highest BCUT2D eigenvalue weighted by Gasteiger charge is 2.17. The molecule has 0 saturated carbocycles. The number of imidazole rings is 1. The molecule has 2 aromatic carbocycles. The molecule has 2 nitrogen and oxygen atoms in total. The first kappa shape index (κ1) is 14.2. The van der Waals surface area contributed by atoms with Crippen molar-refractivity contribution in [3.63, 3.8) is 0 Å². The zero-order valence-electron chi connectivity index (χ0n) is 11.0. The number of aromatic amines is 1. The van der Waals surface area contributed by atoms with Gasteiger partial charge in [0, 0.05) is 11.6 Å². The first-order valence-electron chi connectivity index (χ1n) is 6.32. The summed E-state index contributed by atoms with van der Waals surface area (Å²) in [5.74, 6) is -0.858. The lowest BCUT2D eigenvalue weighted by atomic mass is 10.1. The summed E-state index contributed by atoms with van der Waals surface area (Å²) in [5, 5.41) is 0.0180. The molecule has 0 fully saturated rings. The molecule has 0 spiro atoms. The van der Waals surface area contributed by atoms with Crippen LogP contribution in [0.4, 0.5) is 8.78 Å². The summed E-state index contributed by atoms with van der Waals surface area (Å²) in [5.41, 5.74) is 1.66. The number of halogens is 3. The lowest BCUT2D eigenvalue weighted by molar-refractivity contribution is 0.560. The number of hydrogen-bond donors (Lipinski definition) is 1. The van der Waals surface area contributed by atoms with E-state index < -0.39 is 5.82 Å². The Morgan fingerprint density at radius 3 is 2.62 bits per heavy atom. The largest absolute Gasteiger partial charge is 0.331 e. The minimum absolute atomic E-state index is 0.0180. The lowest BCUT2D eigenvalue weighted by Gasteiger charge is -2.16. The Morgan fingerprint density at radius 2 is 1.90 bits per heavy atom. The summed E-state index contributed by atoms with van der Waals surface area (Å²) in [6.45, 7) is 1.81. The molecule has 0 bridgehead atoms. The maximum Gasteiger partial charge on any atom is 0.178 e. The van der Waals surface area contributed by atoms with E-state index in [4.69, 9.17) is 23.8 Å². The summed E-state index contributed by atoms with van der Waals surface area (Å²) in [6, 6.07) is 8.88. The third-order valence-corrected chi connectivity index (χ3v) is 4.09. The van der Waals surface area contributed by atoms with Crippen LogP contribution in [0, 0.1) is 16.4 Å². The highest BCUT2D eigenvalue weighted by molar-refractivity contribution is 7.71. The molecule has 0 aliphatic heterocycles. The SMILES string of the molecule is CC(c1ccccc1F)n1c(=S)[nH]c2cc(Cl)c(F)cc21. The Morgan fingerprint density at radius 1 is 1.19 bits per heavy atom. The monoisotopic (exact) mass is 324 g/mol. The molecule has 1 heterocycles. The molecule has 3 aromatic rings. The Labute approximate surface area is 130 Å². The average Bonchev–Trinajstić information content (AvgIpc) is 2.74. The zero-order valence-corrected chi connectivity index (χ0v) is 12.6. The number of aromatic nitrogens is 2. The van der Waals surface area contributed by atoms with Crippen molar-refractivity contribution in [2.45, 2.75) is 13.0 Å². The van der Waals surface area contributed by atoms with Crippen LogP contribution in [0.3, 0.4) is 0 Å². The van der Waals surface area contributed by atoms with Gasteiger partial charge in [0.05, 0.1) is 22.1 Å². The first-order valence-corrected chi connectivity index (χ1v) is 7.11. The van der Waals surface area contributed by atoms with Gasteiger partial charge in [0.2, 0.25) is 0 Å². The van der Waals surface area contributed by atoms with E-state index in [0.29, 0.717) is 21.4 Å². The molecule has 108 valence electrons. The highest BCUT2D eigenvalue weighted by atomic mass is 35.5. The number of benzene rings is 2. The van der Waals surface area contributed by atoms with Crippen molar-refractivity contribution in [3.8, 4) is 0 Å². The van der Waals surface area contributed by atoms with Crippen LogP contribution in [-0.2, 0) is 0 Å². The standard InChI is InChI=1S/C15H11ClF2N2S/c1-8(9-4-2-3-5-11(9)17)20-14-7-12(18)10(16)6-13(14)19-15(20)21/h2-8H,1H3,(H,19,21). The van der Waals surface area contributed by atoms with E-state index in [1.807, 2.05) is 6.92 Å². The Bertz CT molecular complexity index is 885. The van der Waals surface area contributed by atoms with Gasteiger partial charge in [-0.05, 0) is 31.3 Å². The molecule has 0 amide bonds. The van der Waals surface area contributed by atoms with Crippen LogP contribution < -0.4 is 0 Å². The lowest BCUT2D eigenvalue weighted by Crippen LogP contribution is -2.08. The number of hydrogen-bond acceptors (Lipinski definition) is 1. The van der Waals surface area contributed by atoms with Gasteiger partial charge in [-0.3, -0.25) is 0 Å². The fourth-order valence-corrected chi connectivity index (χ4v) is 2.99. The molecular weight excluding hydrogens is 314 g/mol. The number of H-pyrrole nitrogens is 1. The Balaban J connectivity index is 2.25.